The molecule has 0 bridgehead atoms. The summed E-state index contributed by atoms with van der Waals surface area (Å²) < 4.78 is 1.64. The van der Waals surface area contributed by atoms with Gasteiger partial charge in [-0.3, -0.25) is 4.79 Å². The molecule has 0 saturated heterocycles. The topological polar surface area (TPSA) is 63.1 Å². The number of benzene rings is 1. The number of carbonyl (C=O) groups excluding carboxylic acids is 1. The number of amides is 1. The van der Waals surface area contributed by atoms with Gasteiger partial charge in [0, 0.05) is 23.8 Å². The van der Waals surface area contributed by atoms with Crippen molar-refractivity contribution in [2.24, 2.45) is 0 Å². The Morgan fingerprint density at radius 1 is 1.23 bits per heavy atom. The van der Waals surface area contributed by atoms with Gasteiger partial charge in [0.15, 0.2) is 5.65 Å². The molecule has 0 unspecified atom stereocenters. The quantitative estimate of drug-likeness (QED) is 0.790. The van der Waals surface area contributed by atoms with Crippen molar-refractivity contribution in [3.8, 4) is 0 Å². The minimum atomic E-state index is -0.0979. The molecular formula is C20H23N5O. The molecule has 134 valence electrons. The molecule has 4 rings (SSSR count). The first-order chi connectivity index (χ1) is 12.6. The summed E-state index contributed by atoms with van der Waals surface area (Å²) in [6.45, 7) is 4.17. The molecule has 26 heavy (non-hydrogen) atoms. The standard InChI is InChI=1S/C20H23N5O/c1-14-8-16-11-22-25(20(16)21-10-14)13-19(26)23-18-6-5-15-4-3-7-24(2)12-17(15)9-18/h5-6,8-11H,3-4,7,12-13H2,1-2H3,(H,23,26). The average Bonchev–Trinajstić information content (AvgIpc) is 2.88. The summed E-state index contributed by atoms with van der Waals surface area (Å²) in [5, 5.41) is 8.24. The van der Waals surface area contributed by atoms with Crippen molar-refractivity contribution < 1.29 is 4.79 Å². The molecule has 1 aliphatic rings. The number of anilines is 1. The van der Waals surface area contributed by atoms with Crippen molar-refractivity contribution in [1.82, 2.24) is 19.7 Å². The Kier molecular flexibility index (Phi) is 4.42. The Morgan fingerprint density at radius 2 is 2.12 bits per heavy atom. The molecule has 0 spiro atoms. The smallest absolute Gasteiger partial charge is 0.246 e. The van der Waals surface area contributed by atoms with Crippen LogP contribution in [0.25, 0.3) is 11.0 Å². The lowest BCUT2D eigenvalue weighted by atomic mass is 10.0. The minimum absolute atomic E-state index is 0.0979. The summed E-state index contributed by atoms with van der Waals surface area (Å²) in [6.07, 6.45) is 5.81. The van der Waals surface area contributed by atoms with Gasteiger partial charge in [0.05, 0.1) is 6.20 Å². The van der Waals surface area contributed by atoms with Gasteiger partial charge in [-0.25, -0.2) is 9.67 Å². The van der Waals surface area contributed by atoms with E-state index in [1.54, 1.807) is 17.1 Å². The lowest BCUT2D eigenvalue weighted by Crippen LogP contribution is -2.20. The number of rotatable bonds is 3. The molecule has 0 fully saturated rings. The van der Waals surface area contributed by atoms with Crippen molar-refractivity contribution in [3.63, 3.8) is 0 Å². The number of hydrogen-bond acceptors (Lipinski definition) is 4. The second kappa shape index (κ2) is 6.88. The van der Waals surface area contributed by atoms with Crippen LogP contribution in [0.2, 0.25) is 0 Å². The molecule has 1 aromatic carbocycles. The van der Waals surface area contributed by atoms with E-state index in [0.29, 0.717) is 0 Å². The summed E-state index contributed by atoms with van der Waals surface area (Å²) in [5.74, 6) is -0.0979. The third-order valence-corrected chi connectivity index (χ3v) is 4.82. The van der Waals surface area contributed by atoms with E-state index >= 15 is 0 Å². The maximum atomic E-state index is 12.5. The lowest BCUT2D eigenvalue weighted by Gasteiger charge is -2.14. The molecule has 0 radical (unpaired) electrons. The fourth-order valence-corrected chi connectivity index (χ4v) is 3.54. The van der Waals surface area contributed by atoms with Crippen molar-refractivity contribution in [2.45, 2.75) is 32.9 Å². The van der Waals surface area contributed by atoms with E-state index in [-0.39, 0.29) is 12.5 Å². The number of nitrogens with one attached hydrogen (secondary N) is 1. The molecular weight excluding hydrogens is 326 g/mol. The maximum Gasteiger partial charge on any atom is 0.246 e. The number of aryl methyl sites for hydroxylation is 2. The molecule has 1 N–H and O–H groups in total. The van der Waals surface area contributed by atoms with E-state index in [4.69, 9.17) is 0 Å². The fourth-order valence-electron chi connectivity index (χ4n) is 3.54. The SMILES string of the molecule is Cc1cnc2c(cnn2CC(=O)Nc2ccc3c(c2)CN(C)CCC3)c1. The summed E-state index contributed by atoms with van der Waals surface area (Å²) in [7, 11) is 2.14. The molecule has 0 atom stereocenters. The normalized spacial score (nSPS) is 14.8. The van der Waals surface area contributed by atoms with E-state index in [9.17, 15) is 4.79 Å². The zero-order valence-corrected chi connectivity index (χ0v) is 15.2. The number of aromatic nitrogens is 3. The molecule has 1 aliphatic heterocycles. The van der Waals surface area contributed by atoms with Crippen LogP contribution in [0.15, 0.2) is 36.7 Å². The zero-order chi connectivity index (χ0) is 18.1. The molecule has 6 nitrogen and oxygen atoms in total. The van der Waals surface area contributed by atoms with Crippen LogP contribution in [0.5, 0.6) is 0 Å². The van der Waals surface area contributed by atoms with Crippen LogP contribution in [0.1, 0.15) is 23.1 Å². The van der Waals surface area contributed by atoms with E-state index in [0.717, 1.165) is 41.8 Å². The third-order valence-electron chi connectivity index (χ3n) is 4.82. The molecule has 3 aromatic rings. The van der Waals surface area contributed by atoms with E-state index in [1.165, 1.54) is 17.5 Å². The van der Waals surface area contributed by atoms with Crippen molar-refractivity contribution in [3.05, 3.63) is 53.3 Å². The zero-order valence-electron chi connectivity index (χ0n) is 15.2. The third kappa shape index (κ3) is 3.46. The largest absolute Gasteiger partial charge is 0.324 e. The van der Waals surface area contributed by atoms with Gasteiger partial charge in [0.2, 0.25) is 5.91 Å². The highest BCUT2D eigenvalue weighted by Crippen LogP contribution is 2.22. The second-order valence-corrected chi connectivity index (χ2v) is 7.10. The monoisotopic (exact) mass is 349 g/mol. The van der Waals surface area contributed by atoms with Crippen LogP contribution < -0.4 is 5.32 Å². The Morgan fingerprint density at radius 3 is 3.00 bits per heavy atom. The maximum absolute atomic E-state index is 12.5. The van der Waals surface area contributed by atoms with Crippen LogP contribution in [0.4, 0.5) is 5.69 Å². The Balaban J connectivity index is 1.49. The minimum Gasteiger partial charge on any atom is -0.324 e. The Labute approximate surface area is 152 Å². The summed E-state index contributed by atoms with van der Waals surface area (Å²) in [4.78, 5) is 19.2. The number of pyridine rings is 1. The first-order valence-electron chi connectivity index (χ1n) is 8.97. The average molecular weight is 349 g/mol. The summed E-state index contributed by atoms with van der Waals surface area (Å²) >= 11 is 0. The van der Waals surface area contributed by atoms with Crippen LogP contribution in [-0.4, -0.2) is 39.2 Å². The molecule has 3 heterocycles. The van der Waals surface area contributed by atoms with Crippen molar-refractivity contribution >= 4 is 22.6 Å². The van der Waals surface area contributed by atoms with Gasteiger partial charge in [-0.05, 0) is 68.2 Å². The molecule has 0 saturated carbocycles. The summed E-state index contributed by atoms with van der Waals surface area (Å²) in [5.41, 5.74) is 5.32. The van der Waals surface area contributed by atoms with Crippen LogP contribution in [-0.2, 0) is 24.3 Å². The molecule has 0 aliphatic carbocycles. The van der Waals surface area contributed by atoms with Crippen LogP contribution in [0, 0.1) is 6.92 Å². The number of fused-ring (bicyclic) bond motifs is 2. The van der Waals surface area contributed by atoms with Crippen molar-refractivity contribution in [2.75, 3.05) is 18.9 Å². The first-order valence-corrected chi connectivity index (χ1v) is 8.97. The fraction of sp³-hybridized carbons (Fsp3) is 0.350. The predicted octanol–water partition coefficient (Wildman–Crippen LogP) is 2.76. The highest BCUT2D eigenvalue weighted by Gasteiger charge is 2.13. The van der Waals surface area contributed by atoms with E-state index in [1.807, 2.05) is 19.1 Å². The van der Waals surface area contributed by atoms with Gasteiger partial charge >= 0.3 is 0 Å². The number of hydrogen-bond donors (Lipinski definition) is 1. The van der Waals surface area contributed by atoms with Gasteiger partial charge in [-0.2, -0.15) is 5.10 Å². The van der Waals surface area contributed by atoms with E-state index in [2.05, 4.69) is 39.5 Å². The highest BCUT2D eigenvalue weighted by molar-refractivity contribution is 5.91. The van der Waals surface area contributed by atoms with Gasteiger partial charge in [0.25, 0.3) is 0 Å². The van der Waals surface area contributed by atoms with Crippen molar-refractivity contribution in [1.29, 1.82) is 0 Å². The second-order valence-electron chi connectivity index (χ2n) is 7.10. The highest BCUT2D eigenvalue weighted by atomic mass is 16.2. The van der Waals surface area contributed by atoms with Gasteiger partial charge in [-0.15, -0.1) is 0 Å². The lowest BCUT2D eigenvalue weighted by molar-refractivity contribution is -0.116. The molecule has 6 heteroatoms. The molecule has 2 aromatic heterocycles. The Hall–Kier alpha value is -2.73. The van der Waals surface area contributed by atoms with Gasteiger partial charge < -0.3 is 10.2 Å². The first kappa shape index (κ1) is 16.7. The van der Waals surface area contributed by atoms with Crippen LogP contribution >= 0.6 is 0 Å². The van der Waals surface area contributed by atoms with Gasteiger partial charge in [0.1, 0.15) is 6.54 Å². The van der Waals surface area contributed by atoms with Gasteiger partial charge in [-0.1, -0.05) is 6.07 Å². The van der Waals surface area contributed by atoms with E-state index < -0.39 is 0 Å². The van der Waals surface area contributed by atoms with Crippen LogP contribution in [0.3, 0.4) is 0 Å². The number of carbonyl (C=O) groups is 1. The summed E-state index contributed by atoms with van der Waals surface area (Å²) in [6, 6.07) is 8.24. The molecule has 1 amide bonds. The Bertz CT molecular complexity index is 962. The predicted molar refractivity (Wildman–Crippen MR) is 102 cm³/mol. The number of nitrogens with zero attached hydrogens (tertiary/aromatic N) is 4.